The van der Waals surface area contributed by atoms with Gasteiger partial charge in [-0.2, -0.15) is 0 Å². The van der Waals surface area contributed by atoms with Crippen molar-refractivity contribution in [2.24, 2.45) is 5.92 Å². The minimum atomic E-state index is -0.334. The number of halogens is 1. The highest BCUT2D eigenvalue weighted by molar-refractivity contribution is 9.10. The first kappa shape index (κ1) is 17.0. The van der Waals surface area contributed by atoms with Crippen molar-refractivity contribution in [1.82, 2.24) is 5.32 Å². The van der Waals surface area contributed by atoms with Crippen molar-refractivity contribution in [3.63, 3.8) is 0 Å². The van der Waals surface area contributed by atoms with Gasteiger partial charge in [0.15, 0.2) is 0 Å². The molecule has 0 heterocycles. The zero-order valence-electron chi connectivity index (χ0n) is 13.6. The van der Waals surface area contributed by atoms with Crippen LogP contribution in [-0.4, -0.2) is 12.1 Å². The number of hydrogen-bond acceptors (Lipinski definition) is 2. The van der Waals surface area contributed by atoms with Crippen LogP contribution in [0.3, 0.4) is 0 Å². The van der Waals surface area contributed by atoms with Gasteiger partial charge in [0.05, 0.1) is 0 Å². The summed E-state index contributed by atoms with van der Waals surface area (Å²) in [5.41, 5.74) is 2.22. The summed E-state index contributed by atoms with van der Waals surface area (Å²) in [7, 11) is 0. The van der Waals surface area contributed by atoms with Gasteiger partial charge in [-0.3, -0.25) is 0 Å². The van der Waals surface area contributed by atoms with E-state index in [1.54, 1.807) is 0 Å². The Hall–Kier alpha value is -1.81. The fourth-order valence-electron chi connectivity index (χ4n) is 2.83. The highest BCUT2D eigenvalue weighted by Crippen LogP contribution is 2.34. The summed E-state index contributed by atoms with van der Waals surface area (Å²) in [4.78, 5) is 12.1. The first-order valence-electron chi connectivity index (χ1n) is 8.40. The average Bonchev–Trinajstić information content (AvgIpc) is 3.38. The van der Waals surface area contributed by atoms with Crippen LogP contribution in [0.5, 0.6) is 0 Å². The van der Waals surface area contributed by atoms with Crippen LogP contribution in [0, 0.1) is 5.92 Å². The summed E-state index contributed by atoms with van der Waals surface area (Å²) < 4.78 is 6.43. The topological polar surface area (TPSA) is 38.3 Å². The summed E-state index contributed by atoms with van der Waals surface area (Å²) in [5.74, 6) is 0.747. The van der Waals surface area contributed by atoms with Gasteiger partial charge in [0.1, 0.15) is 6.61 Å². The van der Waals surface area contributed by atoms with Crippen LogP contribution in [0.25, 0.3) is 0 Å². The fraction of sp³-hybridized carbons (Fsp3) is 0.350. The molecule has 3 nitrogen and oxygen atoms in total. The maximum Gasteiger partial charge on any atom is 0.407 e. The molecule has 2 aromatic rings. The Kier molecular flexibility index (Phi) is 5.91. The minimum absolute atomic E-state index is 0.120. The molecule has 0 spiro atoms. The van der Waals surface area contributed by atoms with E-state index in [2.05, 4.69) is 33.4 Å². The third-order valence-electron chi connectivity index (χ3n) is 4.22. The lowest BCUT2D eigenvalue weighted by molar-refractivity contribution is 0.134. The number of benzene rings is 2. The second kappa shape index (κ2) is 8.34. The van der Waals surface area contributed by atoms with E-state index in [1.165, 1.54) is 18.4 Å². The molecule has 1 saturated carbocycles. The second-order valence-electron chi connectivity index (χ2n) is 6.42. The molecule has 0 saturated heterocycles. The minimum Gasteiger partial charge on any atom is -0.445 e. The van der Waals surface area contributed by atoms with Crippen molar-refractivity contribution >= 4 is 22.0 Å². The quantitative estimate of drug-likeness (QED) is 0.718. The maximum absolute atomic E-state index is 12.1. The summed E-state index contributed by atoms with van der Waals surface area (Å²) in [5, 5.41) is 3.05. The lowest BCUT2D eigenvalue weighted by atomic mass is 10.0. The zero-order valence-corrected chi connectivity index (χ0v) is 15.2. The van der Waals surface area contributed by atoms with Crippen LogP contribution in [0.4, 0.5) is 4.79 Å². The highest BCUT2D eigenvalue weighted by Gasteiger charge is 2.26. The average molecular weight is 388 g/mol. The zero-order chi connectivity index (χ0) is 16.8. The van der Waals surface area contributed by atoms with E-state index < -0.39 is 0 Å². The molecule has 24 heavy (non-hydrogen) atoms. The monoisotopic (exact) mass is 387 g/mol. The van der Waals surface area contributed by atoms with Crippen LogP contribution in [0.2, 0.25) is 0 Å². The third kappa shape index (κ3) is 5.68. The van der Waals surface area contributed by atoms with Gasteiger partial charge in [0.25, 0.3) is 0 Å². The number of carbonyl (C=O) groups excluding carboxylic acids is 1. The SMILES string of the molecule is O=C(NC(Cc1cccc(Br)c1)CC1CC1)OCc1ccccc1. The van der Waals surface area contributed by atoms with Gasteiger partial charge in [-0.15, -0.1) is 0 Å². The number of amides is 1. The molecule has 3 rings (SSSR count). The van der Waals surface area contributed by atoms with E-state index in [-0.39, 0.29) is 12.1 Å². The van der Waals surface area contributed by atoms with E-state index in [9.17, 15) is 4.79 Å². The standard InChI is InChI=1S/C20H22BrNO2/c21-18-8-4-7-17(11-18)13-19(12-15-9-10-15)22-20(23)24-14-16-5-2-1-3-6-16/h1-8,11,15,19H,9-10,12-14H2,(H,22,23). The molecule has 1 unspecified atom stereocenters. The Morgan fingerprint density at radius 1 is 1.12 bits per heavy atom. The largest absolute Gasteiger partial charge is 0.445 e. The van der Waals surface area contributed by atoms with E-state index in [4.69, 9.17) is 4.74 Å². The number of ether oxygens (including phenoxy) is 1. The van der Waals surface area contributed by atoms with Crippen LogP contribution in [0.1, 0.15) is 30.4 Å². The van der Waals surface area contributed by atoms with E-state index in [0.29, 0.717) is 6.61 Å². The van der Waals surface area contributed by atoms with Crippen LogP contribution < -0.4 is 5.32 Å². The molecule has 2 aromatic carbocycles. The van der Waals surface area contributed by atoms with Gasteiger partial charge in [-0.05, 0) is 42.0 Å². The second-order valence-corrected chi connectivity index (χ2v) is 7.33. The van der Waals surface area contributed by atoms with E-state index in [0.717, 1.165) is 28.8 Å². The molecular formula is C20H22BrNO2. The number of hydrogen-bond donors (Lipinski definition) is 1. The molecule has 1 fully saturated rings. The van der Waals surface area contributed by atoms with Gasteiger partial charge in [-0.25, -0.2) is 4.79 Å². The highest BCUT2D eigenvalue weighted by atomic mass is 79.9. The first-order valence-corrected chi connectivity index (χ1v) is 9.20. The van der Waals surface area contributed by atoms with Crippen molar-refractivity contribution in [2.45, 2.75) is 38.3 Å². The van der Waals surface area contributed by atoms with Crippen molar-refractivity contribution in [2.75, 3.05) is 0 Å². The van der Waals surface area contributed by atoms with Gasteiger partial charge >= 0.3 is 6.09 Å². The van der Waals surface area contributed by atoms with Gasteiger partial charge < -0.3 is 10.1 Å². The molecular weight excluding hydrogens is 366 g/mol. The molecule has 1 atom stereocenters. The molecule has 0 aliphatic heterocycles. The Morgan fingerprint density at radius 2 is 1.88 bits per heavy atom. The van der Waals surface area contributed by atoms with Gasteiger partial charge in [0.2, 0.25) is 0 Å². The Labute approximate surface area is 151 Å². The van der Waals surface area contributed by atoms with Crippen LogP contribution in [0.15, 0.2) is 59.1 Å². The summed E-state index contributed by atoms with van der Waals surface area (Å²) in [6, 6.07) is 18.1. The normalized spacial score (nSPS) is 14.9. The van der Waals surface area contributed by atoms with Crippen molar-refractivity contribution in [3.05, 3.63) is 70.2 Å². The molecule has 0 aromatic heterocycles. The van der Waals surface area contributed by atoms with E-state index >= 15 is 0 Å². The predicted octanol–water partition coefficient (Wildman–Crippen LogP) is 5.09. The van der Waals surface area contributed by atoms with Crippen molar-refractivity contribution in [1.29, 1.82) is 0 Å². The Morgan fingerprint density at radius 3 is 2.58 bits per heavy atom. The van der Waals surface area contributed by atoms with Gasteiger partial charge in [-0.1, -0.05) is 71.2 Å². The number of nitrogens with one attached hydrogen (secondary N) is 1. The summed E-state index contributed by atoms with van der Waals surface area (Å²) >= 11 is 3.50. The molecule has 0 radical (unpaired) electrons. The third-order valence-corrected chi connectivity index (χ3v) is 4.71. The van der Waals surface area contributed by atoms with Crippen molar-refractivity contribution < 1.29 is 9.53 Å². The lowest BCUT2D eigenvalue weighted by Gasteiger charge is -2.19. The maximum atomic E-state index is 12.1. The lowest BCUT2D eigenvalue weighted by Crippen LogP contribution is -2.37. The van der Waals surface area contributed by atoms with E-state index in [1.807, 2.05) is 42.5 Å². The molecule has 0 bridgehead atoms. The Bertz CT molecular complexity index is 670. The molecule has 126 valence electrons. The summed E-state index contributed by atoms with van der Waals surface area (Å²) in [6.07, 6.45) is 4.06. The first-order chi connectivity index (χ1) is 11.7. The molecule has 4 heteroatoms. The summed E-state index contributed by atoms with van der Waals surface area (Å²) in [6.45, 7) is 0.305. The molecule has 1 aliphatic rings. The van der Waals surface area contributed by atoms with Crippen LogP contribution in [-0.2, 0) is 17.8 Å². The van der Waals surface area contributed by atoms with Crippen LogP contribution >= 0.6 is 15.9 Å². The molecule has 1 amide bonds. The number of alkyl carbamates (subject to hydrolysis) is 1. The number of rotatable bonds is 7. The predicted molar refractivity (Wildman–Crippen MR) is 98.7 cm³/mol. The van der Waals surface area contributed by atoms with Gasteiger partial charge in [0, 0.05) is 10.5 Å². The smallest absolute Gasteiger partial charge is 0.407 e. The fourth-order valence-corrected chi connectivity index (χ4v) is 3.28. The molecule has 1 aliphatic carbocycles. The molecule has 1 N–H and O–H groups in total. The Balaban J connectivity index is 1.54. The number of carbonyl (C=O) groups is 1. The van der Waals surface area contributed by atoms with Crippen molar-refractivity contribution in [3.8, 4) is 0 Å².